The Hall–Kier alpha value is -3.12. The fourth-order valence-electron chi connectivity index (χ4n) is 2.60. The zero-order valence-electron chi connectivity index (χ0n) is 19.8. The highest BCUT2D eigenvalue weighted by Crippen LogP contribution is 2.05. The molecule has 0 saturated heterocycles. The topological polar surface area (TPSA) is 148 Å². The number of pyridine rings is 2. The lowest BCUT2D eigenvalue weighted by Crippen LogP contribution is -2.41. The number of aromatic nitrogens is 2. The molecule has 0 radical (unpaired) electrons. The molecule has 2 atom stereocenters. The molecule has 2 aromatic rings. The van der Waals surface area contributed by atoms with Crippen molar-refractivity contribution in [3.05, 3.63) is 60.2 Å². The Morgan fingerprint density at radius 3 is 1.71 bits per heavy atom. The van der Waals surface area contributed by atoms with Crippen molar-refractivity contribution in [3.8, 4) is 0 Å². The molecule has 2 heterocycles. The highest BCUT2D eigenvalue weighted by molar-refractivity contribution is 7.98. The van der Waals surface area contributed by atoms with Gasteiger partial charge >= 0.3 is 11.9 Å². The highest BCUT2D eigenvalue weighted by Gasteiger charge is 2.22. The van der Waals surface area contributed by atoms with Gasteiger partial charge in [0.2, 0.25) is 0 Å². The van der Waals surface area contributed by atoms with Crippen LogP contribution in [0.15, 0.2) is 49.1 Å². The molecule has 2 rings (SSSR count). The van der Waals surface area contributed by atoms with Crippen molar-refractivity contribution in [2.75, 3.05) is 31.1 Å². The first-order chi connectivity index (χ1) is 16.8. The summed E-state index contributed by atoms with van der Waals surface area (Å²) >= 11 is 3.15. The molecule has 0 fully saturated rings. The number of thioether (sulfide) groups is 2. The number of nitrogens with one attached hydrogen (secondary N) is 2. The monoisotopic (exact) mass is 522 g/mol. The van der Waals surface area contributed by atoms with Crippen LogP contribution in [0.4, 0.5) is 0 Å². The van der Waals surface area contributed by atoms with Gasteiger partial charge in [0.25, 0.3) is 11.8 Å². The van der Waals surface area contributed by atoms with E-state index in [1.54, 1.807) is 60.2 Å². The maximum absolute atomic E-state index is 11.9. The van der Waals surface area contributed by atoms with Gasteiger partial charge in [-0.3, -0.25) is 19.6 Å². The van der Waals surface area contributed by atoms with E-state index in [2.05, 4.69) is 25.3 Å². The minimum atomic E-state index is -1.02. The lowest BCUT2D eigenvalue weighted by Gasteiger charge is -2.15. The van der Waals surface area contributed by atoms with E-state index in [0.717, 1.165) is 5.75 Å². The van der Waals surface area contributed by atoms with E-state index in [1.165, 1.54) is 19.5 Å². The Morgan fingerprint density at radius 1 is 0.886 bits per heavy atom. The third-order valence-corrected chi connectivity index (χ3v) is 5.75. The number of methoxy groups -OCH3 is 1. The van der Waals surface area contributed by atoms with Crippen LogP contribution in [0.3, 0.4) is 0 Å². The molecule has 0 spiro atoms. The number of carboxylic acids is 1. The number of esters is 1. The Balaban J connectivity index is 0.000000351. The molecule has 0 saturated carbocycles. The summed E-state index contributed by atoms with van der Waals surface area (Å²) in [6.45, 7) is 0. The number of carbonyl (C=O) groups is 4. The number of ether oxygens (including phenoxy) is 1. The van der Waals surface area contributed by atoms with Gasteiger partial charge in [-0.1, -0.05) is 0 Å². The number of carboxylic acid groups (broad SMARTS) is 1. The van der Waals surface area contributed by atoms with E-state index >= 15 is 0 Å². The van der Waals surface area contributed by atoms with Gasteiger partial charge in [0.15, 0.2) is 0 Å². The third kappa shape index (κ3) is 11.7. The molecule has 2 amide bonds. The van der Waals surface area contributed by atoms with E-state index in [4.69, 9.17) is 5.11 Å². The van der Waals surface area contributed by atoms with E-state index in [0.29, 0.717) is 29.7 Å². The maximum Gasteiger partial charge on any atom is 0.328 e. The van der Waals surface area contributed by atoms with E-state index in [-0.39, 0.29) is 5.91 Å². The van der Waals surface area contributed by atoms with Crippen LogP contribution in [0.1, 0.15) is 33.6 Å². The Labute approximate surface area is 213 Å². The number of amides is 2. The lowest BCUT2D eigenvalue weighted by molar-refractivity contribution is -0.143. The summed E-state index contributed by atoms with van der Waals surface area (Å²) in [5, 5.41) is 14.1. The van der Waals surface area contributed by atoms with Gasteiger partial charge in [-0.2, -0.15) is 23.5 Å². The van der Waals surface area contributed by atoms with Gasteiger partial charge in [0.1, 0.15) is 12.1 Å². The SMILES string of the molecule is COC(=O)C(CCSC)NC(=O)c1cccnc1.CSCCC(NC(=O)c1cccnc1)C(=O)O. The normalized spacial score (nSPS) is 11.7. The van der Waals surface area contributed by atoms with Crippen molar-refractivity contribution in [1.82, 2.24) is 20.6 Å². The van der Waals surface area contributed by atoms with E-state index in [9.17, 15) is 19.2 Å². The van der Waals surface area contributed by atoms with Crippen molar-refractivity contribution >= 4 is 47.3 Å². The standard InChI is InChI=1S/C12H16N2O3S.C11H14N2O3S/c1-17-12(16)10(5-7-18-2)14-11(15)9-4-3-6-13-8-9;1-17-6-4-9(11(15)16)13-10(14)8-3-2-5-12-7-8/h3-4,6,8,10H,5,7H2,1-2H3,(H,14,15);2-3,5,7,9H,4,6H2,1H3,(H,13,14)(H,15,16). The molecule has 0 aliphatic carbocycles. The molecular formula is C23H30N4O6S2. The third-order valence-electron chi connectivity index (χ3n) is 4.46. The molecule has 2 aromatic heterocycles. The Bertz CT molecular complexity index is 934. The van der Waals surface area contributed by atoms with Crippen LogP contribution in [0.5, 0.6) is 0 Å². The second-order valence-corrected chi connectivity index (χ2v) is 8.93. The highest BCUT2D eigenvalue weighted by atomic mass is 32.2. The average Bonchev–Trinajstić information content (AvgIpc) is 2.89. The summed E-state index contributed by atoms with van der Waals surface area (Å²) in [7, 11) is 1.31. The van der Waals surface area contributed by atoms with Crippen LogP contribution in [0.2, 0.25) is 0 Å². The van der Waals surface area contributed by atoms with Gasteiger partial charge < -0.3 is 20.5 Å². The van der Waals surface area contributed by atoms with Crippen LogP contribution < -0.4 is 10.6 Å². The first-order valence-corrected chi connectivity index (χ1v) is 13.3. The zero-order valence-corrected chi connectivity index (χ0v) is 21.4. The number of hydrogen-bond acceptors (Lipinski definition) is 9. The summed E-state index contributed by atoms with van der Waals surface area (Å²) in [6, 6.07) is 5.07. The number of aliphatic carboxylic acids is 1. The van der Waals surface area contributed by atoms with Crippen LogP contribution in [-0.4, -0.2) is 82.0 Å². The average molecular weight is 523 g/mol. The van der Waals surface area contributed by atoms with Crippen molar-refractivity contribution in [2.45, 2.75) is 24.9 Å². The van der Waals surface area contributed by atoms with Gasteiger partial charge in [0, 0.05) is 24.8 Å². The molecule has 3 N–H and O–H groups in total. The Kier molecular flexibility index (Phi) is 14.8. The van der Waals surface area contributed by atoms with Crippen LogP contribution in [-0.2, 0) is 14.3 Å². The second kappa shape index (κ2) is 17.3. The predicted octanol–water partition coefficient (Wildman–Crippen LogP) is 2.12. The molecule has 2 unspecified atom stereocenters. The van der Waals surface area contributed by atoms with Crippen LogP contribution in [0, 0.1) is 0 Å². The minimum absolute atomic E-state index is 0.320. The smallest absolute Gasteiger partial charge is 0.328 e. The van der Waals surface area contributed by atoms with Gasteiger partial charge in [-0.25, -0.2) is 9.59 Å². The second-order valence-electron chi connectivity index (χ2n) is 6.96. The van der Waals surface area contributed by atoms with E-state index in [1.807, 2.05) is 12.5 Å². The van der Waals surface area contributed by atoms with Crippen molar-refractivity contribution < 1.29 is 29.0 Å². The van der Waals surface area contributed by atoms with Crippen molar-refractivity contribution in [1.29, 1.82) is 0 Å². The molecule has 0 aliphatic heterocycles. The molecule has 0 aromatic carbocycles. The molecule has 0 aliphatic rings. The number of rotatable bonds is 12. The summed E-state index contributed by atoms with van der Waals surface area (Å²) in [5.74, 6) is -0.721. The summed E-state index contributed by atoms with van der Waals surface area (Å²) in [4.78, 5) is 53.7. The molecule has 12 heteroatoms. The summed E-state index contributed by atoms with van der Waals surface area (Å²) in [5.41, 5.74) is 0.790. The molecule has 10 nitrogen and oxygen atoms in total. The lowest BCUT2D eigenvalue weighted by atomic mass is 10.2. The van der Waals surface area contributed by atoms with Crippen LogP contribution >= 0.6 is 23.5 Å². The fourth-order valence-corrected chi connectivity index (χ4v) is 3.54. The van der Waals surface area contributed by atoms with Gasteiger partial charge in [-0.05, 0) is 61.1 Å². The van der Waals surface area contributed by atoms with Crippen LogP contribution in [0.25, 0.3) is 0 Å². The quantitative estimate of drug-likeness (QED) is 0.354. The number of nitrogens with zero attached hydrogens (tertiary/aromatic N) is 2. The van der Waals surface area contributed by atoms with E-state index < -0.39 is 29.9 Å². The van der Waals surface area contributed by atoms with Gasteiger partial charge in [-0.15, -0.1) is 0 Å². The molecular weight excluding hydrogens is 492 g/mol. The first-order valence-electron chi connectivity index (χ1n) is 10.5. The minimum Gasteiger partial charge on any atom is -0.480 e. The summed E-state index contributed by atoms with van der Waals surface area (Å²) in [6.07, 6.45) is 10.8. The predicted molar refractivity (Wildman–Crippen MR) is 137 cm³/mol. The first kappa shape index (κ1) is 29.9. The summed E-state index contributed by atoms with van der Waals surface area (Å²) < 4.78 is 4.67. The van der Waals surface area contributed by atoms with Gasteiger partial charge in [0.05, 0.1) is 18.2 Å². The van der Waals surface area contributed by atoms with Crippen molar-refractivity contribution in [3.63, 3.8) is 0 Å². The Morgan fingerprint density at radius 2 is 1.34 bits per heavy atom. The maximum atomic E-state index is 11.9. The zero-order chi connectivity index (χ0) is 26.1. The largest absolute Gasteiger partial charge is 0.480 e. The fraction of sp³-hybridized carbons (Fsp3) is 0.391. The molecule has 0 bridgehead atoms. The molecule has 35 heavy (non-hydrogen) atoms. The number of hydrogen-bond donors (Lipinski definition) is 3. The number of carbonyl (C=O) groups excluding carboxylic acids is 3. The van der Waals surface area contributed by atoms with Crippen molar-refractivity contribution in [2.24, 2.45) is 0 Å². The molecule has 190 valence electrons.